The molecule has 0 unspecified atom stereocenters. The first kappa shape index (κ1) is 21.6. The van der Waals surface area contributed by atoms with Crippen molar-refractivity contribution in [3.63, 3.8) is 0 Å². The van der Waals surface area contributed by atoms with Gasteiger partial charge in [-0.3, -0.25) is 4.79 Å². The molecule has 0 heterocycles. The quantitative estimate of drug-likeness (QED) is 0.363. The van der Waals surface area contributed by atoms with Gasteiger partial charge in [0.05, 0.1) is 46.2 Å². The van der Waals surface area contributed by atoms with E-state index in [-0.39, 0.29) is 6.61 Å². The van der Waals surface area contributed by atoms with E-state index in [4.69, 9.17) is 19.3 Å². The Morgan fingerprint density at radius 3 is 2.08 bits per heavy atom. The monoisotopic (exact) mass is 353 g/mol. The van der Waals surface area contributed by atoms with E-state index in [0.717, 1.165) is 37.9 Å². The topological polar surface area (TPSA) is 68.2 Å². The molecule has 1 aromatic carbocycles. The Hall–Kier alpha value is -1.47. The Morgan fingerprint density at radius 2 is 1.52 bits per heavy atom. The van der Waals surface area contributed by atoms with Crippen LogP contribution in [0.4, 0.5) is 5.69 Å². The Kier molecular flexibility index (Phi) is 12.8. The maximum Gasteiger partial charge on any atom is 0.150 e. The van der Waals surface area contributed by atoms with Crippen LogP contribution in [0.25, 0.3) is 0 Å². The molecular weight excluding hydrogens is 322 g/mol. The van der Waals surface area contributed by atoms with E-state index < -0.39 is 0 Å². The molecule has 0 spiro atoms. The first-order chi connectivity index (χ1) is 12.3. The van der Waals surface area contributed by atoms with Crippen molar-refractivity contribution in [3.05, 3.63) is 29.8 Å². The lowest BCUT2D eigenvalue weighted by Gasteiger charge is -2.24. The maximum absolute atomic E-state index is 10.8. The number of nitrogens with zero attached hydrogens (tertiary/aromatic N) is 1. The summed E-state index contributed by atoms with van der Waals surface area (Å²) in [4.78, 5) is 13.0. The van der Waals surface area contributed by atoms with Crippen molar-refractivity contribution in [3.8, 4) is 0 Å². The van der Waals surface area contributed by atoms with E-state index in [9.17, 15) is 4.79 Å². The first-order valence-electron chi connectivity index (χ1n) is 8.96. The van der Waals surface area contributed by atoms with Crippen molar-refractivity contribution in [2.45, 2.75) is 19.8 Å². The second-order valence-electron chi connectivity index (χ2n) is 5.61. The molecule has 0 aliphatic carbocycles. The van der Waals surface area contributed by atoms with Crippen molar-refractivity contribution in [1.82, 2.24) is 0 Å². The molecule has 0 atom stereocenters. The van der Waals surface area contributed by atoms with Gasteiger partial charge in [0.15, 0.2) is 0 Å². The van der Waals surface area contributed by atoms with Crippen molar-refractivity contribution in [2.24, 2.45) is 0 Å². The summed E-state index contributed by atoms with van der Waals surface area (Å²) in [7, 11) is 0. The minimum atomic E-state index is 0.0372. The van der Waals surface area contributed by atoms with Crippen LogP contribution in [0.2, 0.25) is 0 Å². The molecule has 0 aliphatic rings. The first-order valence-corrected chi connectivity index (χ1v) is 8.96. The number of aliphatic hydroxyl groups excluding tert-OH is 1. The summed E-state index contributed by atoms with van der Waals surface area (Å²) in [5, 5.41) is 8.57. The van der Waals surface area contributed by atoms with E-state index in [2.05, 4.69) is 11.8 Å². The molecular formula is C19H31NO5. The van der Waals surface area contributed by atoms with Gasteiger partial charge in [0.1, 0.15) is 6.29 Å². The predicted molar refractivity (Wildman–Crippen MR) is 98.5 cm³/mol. The zero-order valence-corrected chi connectivity index (χ0v) is 15.2. The Labute approximate surface area is 150 Å². The van der Waals surface area contributed by atoms with Gasteiger partial charge in [-0.2, -0.15) is 0 Å². The molecule has 1 aromatic rings. The molecule has 0 saturated heterocycles. The molecule has 0 aromatic heterocycles. The number of rotatable bonds is 16. The van der Waals surface area contributed by atoms with Gasteiger partial charge in [-0.25, -0.2) is 0 Å². The van der Waals surface area contributed by atoms with Crippen LogP contribution in [0.3, 0.4) is 0 Å². The number of unbranched alkanes of at least 4 members (excludes halogenated alkanes) is 1. The third kappa shape index (κ3) is 10.2. The van der Waals surface area contributed by atoms with E-state index in [1.54, 1.807) is 0 Å². The van der Waals surface area contributed by atoms with Gasteiger partial charge in [-0.1, -0.05) is 13.3 Å². The van der Waals surface area contributed by atoms with E-state index in [1.807, 2.05) is 24.3 Å². The predicted octanol–water partition coefficient (Wildman–Crippen LogP) is 2.15. The number of carbonyl (C=O) groups is 1. The fraction of sp³-hybridized carbons (Fsp3) is 0.632. The lowest BCUT2D eigenvalue weighted by atomic mass is 10.2. The van der Waals surface area contributed by atoms with Gasteiger partial charge < -0.3 is 24.2 Å². The lowest BCUT2D eigenvalue weighted by Crippen LogP contribution is -2.29. The molecule has 0 bridgehead atoms. The zero-order chi connectivity index (χ0) is 18.2. The fourth-order valence-electron chi connectivity index (χ4n) is 2.26. The van der Waals surface area contributed by atoms with Crippen LogP contribution in [-0.2, 0) is 14.2 Å². The highest BCUT2D eigenvalue weighted by atomic mass is 16.5. The Bertz CT molecular complexity index is 438. The number of ether oxygens (including phenoxy) is 3. The normalized spacial score (nSPS) is 10.8. The molecule has 142 valence electrons. The third-order valence-electron chi connectivity index (χ3n) is 3.66. The van der Waals surface area contributed by atoms with Crippen LogP contribution >= 0.6 is 0 Å². The number of benzene rings is 1. The van der Waals surface area contributed by atoms with Gasteiger partial charge in [-0.05, 0) is 30.7 Å². The highest BCUT2D eigenvalue weighted by Gasteiger charge is 2.06. The zero-order valence-electron chi connectivity index (χ0n) is 15.2. The van der Waals surface area contributed by atoms with Crippen LogP contribution in [0.1, 0.15) is 30.1 Å². The van der Waals surface area contributed by atoms with Gasteiger partial charge >= 0.3 is 0 Å². The van der Waals surface area contributed by atoms with E-state index >= 15 is 0 Å². The van der Waals surface area contributed by atoms with Gasteiger partial charge in [0.25, 0.3) is 0 Å². The molecule has 0 aliphatic heterocycles. The van der Waals surface area contributed by atoms with Crippen LogP contribution in [-0.4, -0.2) is 70.7 Å². The SMILES string of the molecule is CCCCN(CCOCCOCCOCCO)c1ccc(C=O)cc1. The molecule has 6 heteroatoms. The average Bonchev–Trinajstić information content (AvgIpc) is 2.66. The van der Waals surface area contributed by atoms with E-state index in [0.29, 0.717) is 45.2 Å². The molecule has 1 N–H and O–H groups in total. The largest absolute Gasteiger partial charge is 0.394 e. The van der Waals surface area contributed by atoms with E-state index in [1.165, 1.54) is 0 Å². The minimum Gasteiger partial charge on any atom is -0.394 e. The van der Waals surface area contributed by atoms with Gasteiger partial charge in [-0.15, -0.1) is 0 Å². The minimum absolute atomic E-state index is 0.0372. The molecule has 0 radical (unpaired) electrons. The summed E-state index contributed by atoms with van der Waals surface area (Å²) in [6.07, 6.45) is 3.11. The smallest absolute Gasteiger partial charge is 0.150 e. The molecule has 0 amide bonds. The molecule has 1 rings (SSSR count). The number of hydrogen-bond acceptors (Lipinski definition) is 6. The van der Waals surface area contributed by atoms with Crippen molar-refractivity contribution >= 4 is 12.0 Å². The fourth-order valence-corrected chi connectivity index (χ4v) is 2.26. The number of hydrogen-bond donors (Lipinski definition) is 1. The third-order valence-corrected chi connectivity index (χ3v) is 3.66. The summed E-state index contributed by atoms with van der Waals surface area (Å²) in [6.45, 7) is 7.04. The van der Waals surface area contributed by atoms with Gasteiger partial charge in [0.2, 0.25) is 0 Å². The van der Waals surface area contributed by atoms with Crippen LogP contribution in [0.5, 0.6) is 0 Å². The number of anilines is 1. The van der Waals surface area contributed by atoms with Crippen LogP contribution < -0.4 is 4.90 Å². The number of aliphatic hydroxyl groups is 1. The maximum atomic E-state index is 10.8. The highest BCUT2D eigenvalue weighted by Crippen LogP contribution is 2.15. The molecule has 0 saturated carbocycles. The Morgan fingerprint density at radius 1 is 0.920 bits per heavy atom. The standard InChI is InChI=1S/C19H31NO5/c1-2-3-8-20(19-6-4-18(17-22)5-7-19)9-11-23-13-15-25-16-14-24-12-10-21/h4-7,17,21H,2-3,8-16H2,1H3. The van der Waals surface area contributed by atoms with Crippen molar-refractivity contribution in [1.29, 1.82) is 0 Å². The number of aldehydes is 1. The van der Waals surface area contributed by atoms with Crippen LogP contribution in [0.15, 0.2) is 24.3 Å². The Balaban J connectivity index is 2.21. The summed E-state index contributed by atoms with van der Waals surface area (Å²) in [5.41, 5.74) is 1.80. The molecule has 6 nitrogen and oxygen atoms in total. The lowest BCUT2D eigenvalue weighted by molar-refractivity contribution is 0.00873. The highest BCUT2D eigenvalue weighted by molar-refractivity contribution is 5.75. The second kappa shape index (κ2) is 14.8. The number of carbonyl (C=O) groups excluding carboxylic acids is 1. The van der Waals surface area contributed by atoms with Crippen LogP contribution in [0, 0.1) is 0 Å². The average molecular weight is 353 g/mol. The van der Waals surface area contributed by atoms with Crippen molar-refractivity contribution < 1.29 is 24.1 Å². The summed E-state index contributed by atoms with van der Waals surface area (Å²) in [5.74, 6) is 0. The summed E-state index contributed by atoms with van der Waals surface area (Å²) >= 11 is 0. The van der Waals surface area contributed by atoms with Gasteiger partial charge in [0, 0.05) is 24.3 Å². The summed E-state index contributed by atoms with van der Waals surface area (Å²) < 4.78 is 16.1. The van der Waals surface area contributed by atoms with Crippen molar-refractivity contribution in [2.75, 3.05) is 64.2 Å². The summed E-state index contributed by atoms with van der Waals surface area (Å²) in [6, 6.07) is 7.65. The second-order valence-corrected chi connectivity index (χ2v) is 5.61. The molecule has 0 fully saturated rings. The molecule has 25 heavy (non-hydrogen) atoms.